The largest absolute Gasteiger partial charge is 0.492 e. The minimum atomic E-state index is -0.912. The summed E-state index contributed by atoms with van der Waals surface area (Å²) >= 11 is 0. The predicted octanol–water partition coefficient (Wildman–Crippen LogP) is 2.76. The van der Waals surface area contributed by atoms with Crippen molar-refractivity contribution < 1.29 is 13.5 Å². The van der Waals surface area contributed by atoms with Crippen LogP contribution in [0.4, 0.5) is 8.78 Å². The average Bonchev–Trinajstić information content (AvgIpc) is 3.27. The Labute approximate surface area is 174 Å². The molecule has 1 fully saturated rings. The normalized spacial score (nSPS) is 17.0. The number of aliphatic imine (C=N–C) groups is 1. The highest BCUT2D eigenvalue weighted by Gasteiger charge is 2.26. The molecule has 9 heteroatoms. The Balaban J connectivity index is 0.00000261. The lowest BCUT2D eigenvalue weighted by atomic mass is 10.0. The van der Waals surface area contributed by atoms with Crippen LogP contribution in [0, 0.1) is 11.6 Å². The monoisotopic (exact) mass is 491 g/mol. The molecular formula is C18H24F2IN5O. The van der Waals surface area contributed by atoms with E-state index >= 15 is 0 Å². The minimum absolute atomic E-state index is 0. The van der Waals surface area contributed by atoms with E-state index in [1.165, 1.54) is 11.6 Å². The number of rotatable bonds is 5. The number of guanidine groups is 1. The average molecular weight is 491 g/mol. The number of hydrogen-bond acceptors (Lipinski definition) is 3. The molecule has 0 bridgehead atoms. The van der Waals surface area contributed by atoms with E-state index < -0.39 is 11.6 Å². The molecule has 1 unspecified atom stereocenters. The molecule has 0 amide bonds. The Morgan fingerprint density at radius 1 is 1.37 bits per heavy atom. The standard InChI is InChI=1S/C18H23F2N5O.HI/c1-21-18(22-6-8-26-15-3-4-16(19)17(20)9-15)25-7-5-13(12-25)14-10-23-24(2)11-14;/h3-4,9-11,13H,5-8,12H2,1-2H3,(H,21,22);1H. The van der Waals surface area contributed by atoms with Gasteiger partial charge in [-0.2, -0.15) is 5.10 Å². The van der Waals surface area contributed by atoms with Crippen molar-refractivity contribution in [3.63, 3.8) is 0 Å². The molecule has 148 valence electrons. The number of nitrogens with zero attached hydrogens (tertiary/aromatic N) is 4. The van der Waals surface area contributed by atoms with E-state index in [-0.39, 0.29) is 24.0 Å². The van der Waals surface area contributed by atoms with Crippen LogP contribution in [0.3, 0.4) is 0 Å². The van der Waals surface area contributed by atoms with Gasteiger partial charge in [-0.15, -0.1) is 24.0 Å². The summed E-state index contributed by atoms with van der Waals surface area (Å²) in [7, 11) is 3.67. The molecule has 2 aromatic rings. The number of ether oxygens (including phenoxy) is 1. The van der Waals surface area contributed by atoms with Gasteiger partial charge in [0.05, 0.1) is 12.7 Å². The molecule has 0 spiro atoms. The van der Waals surface area contributed by atoms with Crippen molar-refractivity contribution in [1.29, 1.82) is 0 Å². The van der Waals surface area contributed by atoms with E-state index in [0.717, 1.165) is 37.6 Å². The smallest absolute Gasteiger partial charge is 0.193 e. The van der Waals surface area contributed by atoms with Crippen LogP contribution in [0.15, 0.2) is 35.6 Å². The molecule has 27 heavy (non-hydrogen) atoms. The molecule has 1 aromatic heterocycles. The maximum Gasteiger partial charge on any atom is 0.193 e. The second-order valence-electron chi connectivity index (χ2n) is 6.28. The molecular weight excluding hydrogens is 467 g/mol. The SMILES string of the molecule is CN=C(NCCOc1ccc(F)c(F)c1)N1CCC(c2cnn(C)c2)C1.I. The third kappa shape index (κ3) is 5.53. The molecule has 1 atom stereocenters. The van der Waals surface area contributed by atoms with Gasteiger partial charge in [0.25, 0.3) is 0 Å². The van der Waals surface area contributed by atoms with Crippen molar-refractivity contribution in [2.45, 2.75) is 12.3 Å². The van der Waals surface area contributed by atoms with Crippen LogP contribution in [0.25, 0.3) is 0 Å². The lowest BCUT2D eigenvalue weighted by Crippen LogP contribution is -2.41. The van der Waals surface area contributed by atoms with Crippen molar-refractivity contribution in [3.05, 3.63) is 47.8 Å². The molecule has 0 radical (unpaired) electrons. The highest BCUT2D eigenvalue weighted by atomic mass is 127. The minimum Gasteiger partial charge on any atom is -0.492 e. The first kappa shape index (κ1) is 21.4. The van der Waals surface area contributed by atoms with Gasteiger partial charge in [0.2, 0.25) is 0 Å². The molecule has 1 aliphatic heterocycles. The zero-order valence-electron chi connectivity index (χ0n) is 15.4. The molecule has 3 rings (SSSR count). The van der Waals surface area contributed by atoms with E-state index in [1.54, 1.807) is 7.05 Å². The summed E-state index contributed by atoms with van der Waals surface area (Å²) in [5, 5.41) is 7.49. The number of benzene rings is 1. The van der Waals surface area contributed by atoms with Gasteiger partial charge in [-0.05, 0) is 24.1 Å². The van der Waals surface area contributed by atoms with E-state index in [2.05, 4.69) is 26.5 Å². The third-order valence-electron chi connectivity index (χ3n) is 4.44. The van der Waals surface area contributed by atoms with Gasteiger partial charge >= 0.3 is 0 Å². The van der Waals surface area contributed by atoms with E-state index in [9.17, 15) is 8.78 Å². The highest BCUT2D eigenvalue weighted by Crippen LogP contribution is 2.26. The van der Waals surface area contributed by atoms with Crippen LogP contribution >= 0.6 is 24.0 Å². The van der Waals surface area contributed by atoms with E-state index in [4.69, 9.17) is 4.74 Å². The Kier molecular flexibility index (Phi) is 7.81. The van der Waals surface area contributed by atoms with Gasteiger partial charge in [0.15, 0.2) is 17.6 Å². The van der Waals surface area contributed by atoms with Gasteiger partial charge in [0, 0.05) is 45.4 Å². The summed E-state index contributed by atoms with van der Waals surface area (Å²) in [5.41, 5.74) is 1.24. The van der Waals surface area contributed by atoms with Crippen LogP contribution in [0.5, 0.6) is 5.75 Å². The second kappa shape index (κ2) is 9.86. The van der Waals surface area contributed by atoms with Gasteiger partial charge in [-0.1, -0.05) is 0 Å². The predicted molar refractivity (Wildman–Crippen MR) is 111 cm³/mol. The van der Waals surface area contributed by atoms with Gasteiger partial charge in [-0.3, -0.25) is 9.67 Å². The van der Waals surface area contributed by atoms with Crippen molar-refractivity contribution in [1.82, 2.24) is 20.0 Å². The quantitative estimate of drug-likeness (QED) is 0.303. The molecule has 1 aromatic carbocycles. The molecule has 2 heterocycles. The number of hydrogen-bond donors (Lipinski definition) is 1. The fourth-order valence-electron chi connectivity index (χ4n) is 3.11. The molecule has 1 N–H and O–H groups in total. The van der Waals surface area contributed by atoms with Crippen LogP contribution in [0.2, 0.25) is 0 Å². The maximum atomic E-state index is 13.2. The van der Waals surface area contributed by atoms with Crippen molar-refractivity contribution in [2.24, 2.45) is 12.0 Å². The lowest BCUT2D eigenvalue weighted by molar-refractivity contribution is 0.316. The first-order valence-corrected chi connectivity index (χ1v) is 8.59. The lowest BCUT2D eigenvalue weighted by Gasteiger charge is -2.21. The zero-order chi connectivity index (χ0) is 18.5. The molecule has 1 aliphatic rings. The van der Waals surface area contributed by atoms with E-state index in [1.807, 2.05) is 17.9 Å². The first-order chi connectivity index (χ1) is 12.6. The first-order valence-electron chi connectivity index (χ1n) is 8.59. The Morgan fingerprint density at radius 3 is 2.85 bits per heavy atom. The Hall–Kier alpha value is -1.91. The van der Waals surface area contributed by atoms with Crippen LogP contribution < -0.4 is 10.1 Å². The fourth-order valence-corrected chi connectivity index (χ4v) is 3.11. The number of likely N-dealkylation sites (tertiary alicyclic amines) is 1. The van der Waals surface area contributed by atoms with Crippen molar-refractivity contribution >= 4 is 29.9 Å². The molecule has 0 saturated carbocycles. The molecule has 6 nitrogen and oxygen atoms in total. The number of aryl methyl sites for hydroxylation is 1. The van der Waals surface area contributed by atoms with Gasteiger partial charge in [0.1, 0.15) is 12.4 Å². The second-order valence-corrected chi connectivity index (χ2v) is 6.28. The molecule has 0 aliphatic carbocycles. The number of nitrogens with one attached hydrogen (secondary N) is 1. The van der Waals surface area contributed by atoms with Crippen LogP contribution in [-0.4, -0.2) is 53.9 Å². The number of halogens is 3. The summed E-state index contributed by atoms with van der Waals surface area (Å²) in [6.07, 6.45) is 5.03. The van der Waals surface area contributed by atoms with Crippen molar-refractivity contribution in [3.8, 4) is 5.75 Å². The summed E-state index contributed by atoms with van der Waals surface area (Å²) in [4.78, 5) is 6.52. The summed E-state index contributed by atoms with van der Waals surface area (Å²) in [6.45, 7) is 2.64. The summed E-state index contributed by atoms with van der Waals surface area (Å²) < 4.78 is 33.3. The number of aromatic nitrogens is 2. The van der Waals surface area contributed by atoms with Crippen molar-refractivity contribution in [2.75, 3.05) is 33.3 Å². The Bertz CT molecular complexity index is 783. The molecule has 1 saturated heterocycles. The van der Waals surface area contributed by atoms with E-state index in [0.29, 0.717) is 24.8 Å². The fraction of sp³-hybridized carbons (Fsp3) is 0.444. The third-order valence-corrected chi connectivity index (χ3v) is 4.44. The topological polar surface area (TPSA) is 54.7 Å². The highest BCUT2D eigenvalue weighted by molar-refractivity contribution is 14.0. The van der Waals surface area contributed by atoms with Crippen LogP contribution in [0.1, 0.15) is 17.9 Å². The van der Waals surface area contributed by atoms with Gasteiger partial charge in [-0.25, -0.2) is 8.78 Å². The summed E-state index contributed by atoms with van der Waals surface area (Å²) in [5.74, 6) is -0.234. The van der Waals surface area contributed by atoms with Gasteiger partial charge < -0.3 is 15.0 Å². The maximum absolute atomic E-state index is 13.2. The van der Waals surface area contributed by atoms with Crippen LogP contribution in [-0.2, 0) is 7.05 Å². The summed E-state index contributed by atoms with van der Waals surface area (Å²) in [6, 6.07) is 3.51. The zero-order valence-corrected chi connectivity index (χ0v) is 17.7. The Morgan fingerprint density at radius 2 is 2.19 bits per heavy atom.